The van der Waals surface area contributed by atoms with Gasteiger partial charge in [-0.1, -0.05) is 19.8 Å². The average molecular weight is 224 g/mol. The van der Waals surface area contributed by atoms with Crippen molar-refractivity contribution in [2.45, 2.75) is 64.5 Å². The first-order valence-corrected chi connectivity index (χ1v) is 7.16. The molecule has 16 heavy (non-hydrogen) atoms. The maximum absolute atomic E-state index is 6.24. The number of hydrogen-bond acceptors (Lipinski definition) is 2. The van der Waals surface area contributed by atoms with Gasteiger partial charge >= 0.3 is 0 Å². The van der Waals surface area contributed by atoms with Gasteiger partial charge in [0.25, 0.3) is 0 Å². The molecule has 94 valence electrons. The molecule has 0 bridgehead atoms. The summed E-state index contributed by atoms with van der Waals surface area (Å²) in [6.07, 6.45) is 8.12. The van der Waals surface area contributed by atoms with Crippen LogP contribution in [0.4, 0.5) is 0 Å². The maximum atomic E-state index is 6.24. The quantitative estimate of drug-likeness (QED) is 0.781. The highest BCUT2D eigenvalue weighted by Crippen LogP contribution is 2.28. The Morgan fingerprint density at radius 1 is 1.12 bits per heavy atom. The van der Waals surface area contributed by atoms with Crippen LogP contribution in [-0.4, -0.2) is 30.1 Å². The fourth-order valence-electron chi connectivity index (χ4n) is 3.49. The molecule has 2 rings (SSSR count). The summed E-state index contributed by atoms with van der Waals surface area (Å²) in [5.41, 5.74) is 6.24. The lowest BCUT2D eigenvalue weighted by Gasteiger charge is -2.40. The van der Waals surface area contributed by atoms with E-state index in [-0.39, 0.29) is 0 Å². The molecule has 0 radical (unpaired) electrons. The molecule has 2 fully saturated rings. The molecular weight excluding hydrogens is 196 g/mol. The van der Waals surface area contributed by atoms with E-state index in [1.165, 1.54) is 51.6 Å². The van der Waals surface area contributed by atoms with Crippen molar-refractivity contribution in [3.8, 4) is 0 Å². The van der Waals surface area contributed by atoms with Crippen LogP contribution >= 0.6 is 0 Å². The zero-order valence-electron chi connectivity index (χ0n) is 11.0. The molecule has 4 atom stereocenters. The third-order valence-corrected chi connectivity index (χ3v) is 4.71. The Kier molecular flexibility index (Phi) is 4.26. The van der Waals surface area contributed by atoms with E-state index >= 15 is 0 Å². The number of likely N-dealkylation sites (tertiary alicyclic amines) is 1. The molecule has 0 spiro atoms. The van der Waals surface area contributed by atoms with Crippen molar-refractivity contribution >= 4 is 0 Å². The van der Waals surface area contributed by atoms with Crippen molar-refractivity contribution in [2.24, 2.45) is 17.6 Å². The Balaban J connectivity index is 1.83. The topological polar surface area (TPSA) is 29.3 Å². The van der Waals surface area contributed by atoms with Crippen molar-refractivity contribution in [2.75, 3.05) is 13.1 Å². The zero-order chi connectivity index (χ0) is 11.5. The summed E-state index contributed by atoms with van der Waals surface area (Å²) in [5.74, 6) is 1.69. The lowest BCUT2D eigenvalue weighted by Crippen LogP contribution is -2.47. The van der Waals surface area contributed by atoms with Gasteiger partial charge in [-0.2, -0.15) is 0 Å². The van der Waals surface area contributed by atoms with E-state index < -0.39 is 0 Å². The van der Waals surface area contributed by atoms with Crippen LogP contribution in [0.5, 0.6) is 0 Å². The van der Waals surface area contributed by atoms with E-state index in [2.05, 4.69) is 18.7 Å². The van der Waals surface area contributed by atoms with Crippen LogP contribution in [-0.2, 0) is 0 Å². The monoisotopic (exact) mass is 224 g/mol. The molecule has 1 aliphatic carbocycles. The fourth-order valence-corrected chi connectivity index (χ4v) is 3.49. The standard InChI is InChI=1S/C14H28N2/c1-11-7-8-16(12(2)9-11)10-13-5-3-4-6-14(13)15/h11-14H,3-10,15H2,1-2H3. The molecule has 4 unspecified atom stereocenters. The third kappa shape index (κ3) is 2.98. The number of nitrogens with two attached hydrogens (primary N) is 1. The first-order chi connectivity index (χ1) is 7.66. The molecule has 2 aliphatic rings. The lowest BCUT2D eigenvalue weighted by atomic mass is 9.83. The molecule has 2 nitrogen and oxygen atoms in total. The molecule has 1 saturated heterocycles. The molecule has 0 aromatic heterocycles. The van der Waals surface area contributed by atoms with Gasteiger partial charge in [-0.05, 0) is 51.0 Å². The van der Waals surface area contributed by atoms with E-state index in [0.717, 1.165) is 17.9 Å². The third-order valence-electron chi connectivity index (χ3n) is 4.71. The smallest absolute Gasteiger partial charge is 0.00793 e. The number of piperidine rings is 1. The van der Waals surface area contributed by atoms with E-state index in [4.69, 9.17) is 5.73 Å². The second-order valence-electron chi connectivity index (χ2n) is 6.18. The van der Waals surface area contributed by atoms with Gasteiger partial charge in [-0.25, -0.2) is 0 Å². The Morgan fingerprint density at radius 2 is 1.88 bits per heavy atom. The van der Waals surface area contributed by atoms with Gasteiger partial charge in [0, 0.05) is 18.6 Å². The van der Waals surface area contributed by atoms with Gasteiger partial charge in [0.15, 0.2) is 0 Å². The summed E-state index contributed by atoms with van der Waals surface area (Å²) in [6, 6.07) is 1.25. The summed E-state index contributed by atoms with van der Waals surface area (Å²) in [5, 5.41) is 0. The molecule has 1 aliphatic heterocycles. The van der Waals surface area contributed by atoms with Crippen LogP contribution in [0.3, 0.4) is 0 Å². The van der Waals surface area contributed by atoms with Gasteiger partial charge < -0.3 is 10.6 Å². The Hall–Kier alpha value is -0.0800. The fraction of sp³-hybridized carbons (Fsp3) is 1.00. The van der Waals surface area contributed by atoms with Crippen molar-refractivity contribution < 1.29 is 0 Å². The van der Waals surface area contributed by atoms with E-state index in [9.17, 15) is 0 Å². The molecule has 0 aromatic carbocycles. The molecule has 2 N–H and O–H groups in total. The van der Waals surface area contributed by atoms with Gasteiger partial charge in [0.1, 0.15) is 0 Å². The highest BCUT2D eigenvalue weighted by molar-refractivity contribution is 4.84. The van der Waals surface area contributed by atoms with Crippen molar-refractivity contribution in [1.29, 1.82) is 0 Å². The van der Waals surface area contributed by atoms with Crippen LogP contribution in [0.15, 0.2) is 0 Å². The first-order valence-electron chi connectivity index (χ1n) is 7.16. The highest BCUT2D eigenvalue weighted by atomic mass is 15.2. The Morgan fingerprint density at radius 3 is 2.56 bits per heavy atom. The summed E-state index contributed by atoms with van der Waals surface area (Å²) in [7, 11) is 0. The van der Waals surface area contributed by atoms with Gasteiger partial charge in [-0.3, -0.25) is 0 Å². The van der Waals surface area contributed by atoms with E-state index in [0.29, 0.717) is 6.04 Å². The zero-order valence-corrected chi connectivity index (χ0v) is 11.0. The second-order valence-corrected chi connectivity index (χ2v) is 6.18. The Bertz CT molecular complexity index is 217. The molecule has 2 heteroatoms. The highest BCUT2D eigenvalue weighted by Gasteiger charge is 2.28. The average Bonchev–Trinajstić information content (AvgIpc) is 2.25. The lowest BCUT2D eigenvalue weighted by molar-refractivity contribution is 0.0938. The van der Waals surface area contributed by atoms with Crippen LogP contribution in [0.2, 0.25) is 0 Å². The van der Waals surface area contributed by atoms with Gasteiger partial charge in [0.05, 0.1) is 0 Å². The van der Waals surface area contributed by atoms with Crippen molar-refractivity contribution in [1.82, 2.24) is 4.90 Å². The summed E-state index contributed by atoms with van der Waals surface area (Å²) in [6.45, 7) is 7.34. The van der Waals surface area contributed by atoms with Crippen LogP contribution in [0, 0.1) is 11.8 Å². The summed E-state index contributed by atoms with van der Waals surface area (Å²) >= 11 is 0. The number of rotatable bonds is 2. The molecule has 0 amide bonds. The maximum Gasteiger partial charge on any atom is 0.00793 e. The van der Waals surface area contributed by atoms with Gasteiger partial charge in [0.2, 0.25) is 0 Å². The molecule has 1 heterocycles. The SMILES string of the molecule is CC1CCN(CC2CCCCC2N)C(C)C1. The van der Waals surface area contributed by atoms with Crippen LogP contribution in [0.1, 0.15) is 52.4 Å². The number of hydrogen-bond donors (Lipinski definition) is 1. The molecule has 1 saturated carbocycles. The van der Waals surface area contributed by atoms with Gasteiger partial charge in [-0.15, -0.1) is 0 Å². The number of nitrogens with zero attached hydrogens (tertiary/aromatic N) is 1. The molecular formula is C14H28N2. The molecule has 0 aromatic rings. The van der Waals surface area contributed by atoms with Crippen LogP contribution < -0.4 is 5.73 Å². The minimum atomic E-state index is 0.472. The predicted molar refractivity (Wildman–Crippen MR) is 69.4 cm³/mol. The van der Waals surface area contributed by atoms with E-state index in [1.54, 1.807) is 0 Å². The largest absolute Gasteiger partial charge is 0.327 e. The summed E-state index contributed by atoms with van der Waals surface area (Å²) < 4.78 is 0. The minimum absolute atomic E-state index is 0.472. The Labute approximate surface area is 101 Å². The van der Waals surface area contributed by atoms with E-state index in [1.807, 2.05) is 0 Å². The minimum Gasteiger partial charge on any atom is -0.327 e. The first kappa shape index (κ1) is 12.4. The van der Waals surface area contributed by atoms with Crippen molar-refractivity contribution in [3.63, 3.8) is 0 Å². The van der Waals surface area contributed by atoms with Crippen molar-refractivity contribution in [3.05, 3.63) is 0 Å². The predicted octanol–water partition coefficient (Wildman–Crippen LogP) is 2.62. The summed E-state index contributed by atoms with van der Waals surface area (Å²) in [4.78, 5) is 2.69. The second kappa shape index (κ2) is 5.50. The normalized spacial score (nSPS) is 42.2. The van der Waals surface area contributed by atoms with Crippen LogP contribution in [0.25, 0.3) is 0 Å².